The minimum Gasteiger partial charge on any atom is -0.493 e. The van der Waals surface area contributed by atoms with E-state index in [-0.39, 0.29) is 11.8 Å². The van der Waals surface area contributed by atoms with E-state index >= 15 is 0 Å². The molecule has 0 heterocycles. The average Bonchev–Trinajstić information content (AvgIpc) is 2.40. The van der Waals surface area contributed by atoms with Gasteiger partial charge < -0.3 is 10.5 Å². The first kappa shape index (κ1) is 17.3. The Morgan fingerprint density at radius 3 is 2.50 bits per heavy atom. The van der Waals surface area contributed by atoms with E-state index in [1.54, 1.807) is 0 Å². The van der Waals surface area contributed by atoms with Crippen molar-refractivity contribution in [1.82, 2.24) is 0 Å². The van der Waals surface area contributed by atoms with Gasteiger partial charge >= 0.3 is 0 Å². The van der Waals surface area contributed by atoms with E-state index in [0.29, 0.717) is 11.6 Å². The third-order valence-corrected chi connectivity index (χ3v) is 4.76. The van der Waals surface area contributed by atoms with Crippen molar-refractivity contribution in [3.8, 4) is 5.75 Å². The fraction of sp³-hybridized carbons (Fsp3) is 0.562. The topological polar surface area (TPSA) is 35.2 Å². The number of aryl methyl sites for hydroxylation is 1. The Balaban J connectivity index is 3.33. The molecule has 4 heteroatoms. The lowest BCUT2D eigenvalue weighted by molar-refractivity contribution is 0.310. The largest absolute Gasteiger partial charge is 0.493 e. The Kier molecular flexibility index (Phi) is 6.28. The molecule has 0 saturated heterocycles. The average molecular weight is 314 g/mol. The van der Waals surface area contributed by atoms with Crippen LogP contribution in [0, 0.1) is 19.8 Å². The summed E-state index contributed by atoms with van der Waals surface area (Å²) in [6.45, 7) is 11.0. The van der Waals surface area contributed by atoms with Crippen LogP contribution >= 0.6 is 23.8 Å². The van der Waals surface area contributed by atoms with Crippen molar-refractivity contribution < 1.29 is 4.74 Å². The second kappa shape index (κ2) is 7.28. The van der Waals surface area contributed by atoms with Gasteiger partial charge in [0.25, 0.3) is 0 Å². The minimum atomic E-state index is 0.103. The molecule has 0 aliphatic rings. The van der Waals surface area contributed by atoms with Crippen LogP contribution in [0.4, 0.5) is 0 Å². The molecule has 2 unspecified atom stereocenters. The Labute approximate surface area is 132 Å². The molecular formula is C16H24ClNOS. The molecule has 2 N–H and O–H groups in total. The molecule has 0 aromatic heterocycles. The fourth-order valence-electron chi connectivity index (χ4n) is 2.33. The highest BCUT2D eigenvalue weighted by molar-refractivity contribution is 7.80. The molecule has 0 amide bonds. The minimum absolute atomic E-state index is 0.103. The maximum atomic E-state index is 6.40. The van der Waals surface area contributed by atoms with E-state index in [4.69, 9.17) is 34.3 Å². The summed E-state index contributed by atoms with van der Waals surface area (Å²) in [7, 11) is 0. The van der Waals surface area contributed by atoms with E-state index in [1.807, 2.05) is 26.8 Å². The zero-order valence-corrected chi connectivity index (χ0v) is 14.5. The van der Waals surface area contributed by atoms with Gasteiger partial charge in [-0.2, -0.15) is 0 Å². The number of hydrogen-bond acceptors (Lipinski definition) is 2. The molecule has 0 radical (unpaired) electrons. The summed E-state index contributed by atoms with van der Waals surface area (Å²) in [5.74, 6) is 1.19. The van der Waals surface area contributed by atoms with Crippen molar-refractivity contribution in [2.45, 2.75) is 47.0 Å². The molecule has 0 aliphatic heterocycles. The summed E-state index contributed by atoms with van der Waals surface area (Å²) in [5.41, 5.74) is 9.02. The van der Waals surface area contributed by atoms with Gasteiger partial charge in [-0.25, -0.2) is 0 Å². The monoisotopic (exact) mass is 313 g/mol. The van der Waals surface area contributed by atoms with Crippen molar-refractivity contribution in [2.75, 3.05) is 6.61 Å². The molecule has 2 nitrogen and oxygen atoms in total. The summed E-state index contributed by atoms with van der Waals surface area (Å²) >= 11 is 11.5. The highest BCUT2D eigenvalue weighted by Crippen LogP contribution is 2.39. The van der Waals surface area contributed by atoms with Crippen molar-refractivity contribution >= 4 is 28.8 Å². The summed E-state index contributed by atoms with van der Waals surface area (Å²) in [4.78, 5) is 0.523. The van der Waals surface area contributed by atoms with Crippen molar-refractivity contribution in [2.24, 2.45) is 11.7 Å². The van der Waals surface area contributed by atoms with Gasteiger partial charge in [0.05, 0.1) is 11.6 Å². The fourth-order valence-corrected chi connectivity index (χ4v) is 2.69. The third kappa shape index (κ3) is 3.64. The van der Waals surface area contributed by atoms with Crippen molar-refractivity contribution in [3.05, 3.63) is 27.8 Å². The molecule has 0 saturated carbocycles. The second-order valence-corrected chi connectivity index (χ2v) is 6.22. The molecule has 112 valence electrons. The van der Waals surface area contributed by atoms with Gasteiger partial charge in [-0.3, -0.25) is 0 Å². The lowest BCUT2D eigenvalue weighted by Gasteiger charge is -2.25. The Hall–Kier alpha value is -0.800. The highest BCUT2D eigenvalue weighted by atomic mass is 35.5. The van der Waals surface area contributed by atoms with Crippen LogP contribution in [0.5, 0.6) is 5.75 Å². The summed E-state index contributed by atoms with van der Waals surface area (Å²) in [6.07, 6.45) is 0.972. The Bertz CT molecular complexity index is 502. The van der Waals surface area contributed by atoms with Crippen molar-refractivity contribution in [3.63, 3.8) is 0 Å². The summed E-state index contributed by atoms with van der Waals surface area (Å²) in [5, 5.41) is 0.797. The van der Waals surface area contributed by atoms with E-state index < -0.39 is 0 Å². The first-order valence-electron chi connectivity index (χ1n) is 7.02. The number of rotatable bonds is 6. The van der Waals surface area contributed by atoms with Gasteiger partial charge in [0, 0.05) is 16.5 Å². The predicted molar refractivity (Wildman–Crippen MR) is 91.1 cm³/mol. The van der Waals surface area contributed by atoms with Crippen LogP contribution in [0.1, 0.15) is 49.8 Å². The first-order valence-corrected chi connectivity index (χ1v) is 7.81. The molecule has 2 atom stereocenters. The molecule has 20 heavy (non-hydrogen) atoms. The molecule has 1 aromatic rings. The SMILES string of the molecule is CCCOc1cc(C)c(Cl)c(C)c1C(C)C(C)C(N)=S. The van der Waals surface area contributed by atoms with E-state index in [2.05, 4.69) is 13.8 Å². The van der Waals surface area contributed by atoms with E-state index in [9.17, 15) is 0 Å². The maximum Gasteiger partial charge on any atom is 0.123 e. The maximum absolute atomic E-state index is 6.40. The summed E-state index contributed by atoms with van der Waals surface area (Å²) in [6, 6.07) is 2.02. The van der Waals surface area contributed by atoms with E-state index in [1.165, 1.54) is 0 Å². The molecule has 1 rings (SSSR count). The van der Waals surface area contributed by atoms with Crippen LogP contribution in [0.25, 0.3) is 0 Å². The molecular weight excluding hydrogens is 290 g/mol. The van der Waals surface area contributed by atoms with Gasteiger partial charge in [-0.05, 0) is 43.4 Å². The van der Waals surface area contributed by atoms with Crippen LogP contribution in [0.2, 0.25) is 5.02 Å². The highest BCUT2D eigenvalue weighted by Gasteiger charge is 2.24. The number of benzene rings is 1. The Morgan fingerprint density at radius 1 is 1.40 bits per heavy atom. The Morgan fingerprint density at radius 2 is 2.00 bits per heavy atom. The third-order valence-electron chi connectivity index (χ3n) is 3.81. The molecule has 0 bridgehead atoms. The van der Waals surface area contributed by atoms with Gasteiger partial charge in [0.2, 0.25) is 0 Å². The number of halogens is 1. The molecule has 0 fully saturated rings. The van der Waals surface area contributed by atoms with Crippen LogP contribution in [-0.2, 0) is 0 Å². The zero-order chi connectivity index (χ0) is 15.4. The lowest BCUT2D eigenvalue weighted by atomic mass is 9.85. The molecule has 0 aliphatic carbocycles. The quantitative estimate of drug-likeness (QED) is 0.768. The molecule has 1 aromatic carbocycles. The van der Waals surface area contributed by atoms with Gasteiger partial charge in [0.1, 0.15) is 5.75 Å². The standard InChI is InChI=1S/C16H24ClNOS/c1-6-7-19-13-8-9(2)15(17)12(5)14(13)10(3)11(4)16(18)20/h8,10-11H,6-7H2,1-5H3,(H2,18,20). The number of hydrogen-bond donors (Lipinski definition) is 1. The second-order valence-electron chi connectivity index (χ2n) is 5.37. The lowest BCUT2D eigenvalue weighted by Crippen LogP contribution is -2.24. The first-order chi connectivity index (χ1) is 9.31. The van der Waals surface area contributed by atoms with Gasteiger partial charge in [-0.1, -0.05) is 44.6 Å². The van der Waals surface area contributed by atoms with Crippen LogP contribution in [0.3, 0.4) is 0 Å². The van der Waals surface area contributed by atoms with E-state index in [0.717, 1.165) is 33.9 Å². The predicted octanol–water partition coefficient (Wildman–Crippen LogP) is 4.77. The van der Waals surface area contributed by atoms with Crippen molar-refractivity contribution in [1.29, 1.82) is 0 Å². The van der Waals surface area contributed by atoms with Crippen LogP contribution < -0.4 is 10.5 Å². The van der Waals surface area contributed by atoms with Crippen LogP contribution in [-0.4, -0.2) is 11.6 Å². The van der Waals surface area contributed by atoms with Crippen LogP contribution in [0.15, 0.2) is 6.07 Å². The number of thiocarbonyl (C=S) groups is 1. The number of ether oxygens (including phenoxy) is 1. The van der Waals surface area contributed by atoms with Gasteiger partial charge in [-0.15, -0.1) is 0 Å². The summed E-state index contributed by atoms with van der Waals surface area (Å²) < 4.78 is 5.91. The number of nitrogens with two attached hydrogens (primary N) is 1. The normalized spacial score (nSPS) is 13.9. The zero-order valence-electron chi connectivity index (χ0n) is 12.9. The smallest absolute Gasteiger partial charge is 0.123 e. The molecule has 0 spiro atoms. The van der Waals surface area contributed by atoms with Gasteiger partial charge in [0.15, 0.2) is 0 Å².